The van der Waals surface area contributed by atoms with Gasteiger partial charge in [-0.1, -0.05) is 36.4 Å². The Balaban J connectivity index is 2.20. The van der Waals surface area contributed by atoms with Crippen LogP contribution in [0.3, 0.4) is 0 Å². The highest BCUT2D eigenvalue weighted by molar-refractivity contribution is 5.89. The van der Waals surface area contributed by atoms with Crippen molar-refractivity contribution in [1.29, 1.82) is 0 Å². The van der Waals surface area contributed by atoms with Crippen molar-refractivity contribution in [3.63, 3.8) is 0 Å². The predicted molar refractivity (Wildman–Crippen MR) is 92.2 cm³/mol. The van der Waals surface area contributed by atoms with Crippen LogP contribution in [0.15, 0.2) is 54.6 Å². The summed E-state index contributed by atoms with van der Waals surface area (Å²) in [4.78, 5) is 14.2. The molecule has 0 radical (unpaired) electrons. The van der Waals surface area contributed by atoms with Gasteiger partial charge in [0.05, 0.1) is 5.56 Å². The van der Waals surface area contributed by atoms with E-state index in [1.165, 1.54) is 12.1 Å². The molecule has 25 heavy (non-hydrogen) atoms. The molecule has 0 saturated carbocycles. The van der Waals surface area contributed by atoms with E-state index in [0.29, 0.717) is 6.54 Å². The van der Waals surface area contributed by atoms with Gasteiger partial charge < -0.3 is 10.2 Å². The Hall–Kier alpha value is -2.50. The molecule has 0 spiro atoms. The van der Waals surface area contributed by atoms with E-state index in [1.807, 2.05) is 51.1 Å². The number of carbonyl (C=O) groups is 1. The first-order chi connectivity index (χ1) is 11.6. The fourth-order valence-corrected chi connectivity index (χ4v) is 2.34. The number of amides is 2. The van der Waals surface area contributed by atoms with Crippen LogP contribution in [0.25, 0.3) is 0 Å². The number of halogens is 3. The third-order valence-electron chi connectivity index (χ3n) is 3.68. The molecule has 0 aromatic heterocycles. The number of hydrogen-bond donors (Lipinski definition) is 1. The van der Waals surface area contributed by atoms with Crippen molar-refractivity contribution < 1.29 is 18.0 Å². The van der Waals surface area contributed by atoms with Crippen LogP contribution in [0, 0.1) is 0 Å². The highest BCUT2D eigenvalue weighted by atomic mass is 19.4. The Morgan fingerprint density at radius 3 is 2.20 bits per heavy atom. The zero-order valence-electron chi connectivity index (χ0n) is 14.4. The molecule has 0 atom stereocenters. The van der Waals surface area contributed by atoms with Crippen LogP contribution in [0.4, 0.5) is 23.7 Å². The third-order valence-corrected chi connectivity index (χ3v) is 3.68. The number of nitrogens with zero attached hydrogens (tertiary/aromatic N) is 1. The minimum Gasteiger partial charge on any atom is -0.315 e. The number of alkyl halides is 3. The van der Waals surface area contributed by atoms with Crippen molar-refractivity contribution in [2.75, 3.05) is 5.32 Å². The van der Waals surface area contributed by atoms with E-state index in [4.69, 9.17) is 0 Å². The summed E-state index contributed by atoms with van der Waals surface area (Å²) >= 11 is 0. The number of urea groups is 1. The van der Waals surface area contributed by atoms with Crippen molar-refractivity contribution in [3.05, 3.63) is 65.7 Å². The fraction of sp³-hybridized carbons (Fsp3) is 0.316. The number of carbonyl (C=O) groups excluding carboxylic acids is 1. The minimum absolute atomic E-state index is 0.113. The summed E-state index contributed by atoms with van der Waals surface area (Å²) in [5.74, 6) is 0. The zero-order valence-corrected chi connectivity index (χ0v) is 14.4. The van der Waals surface area contributed by atoms with Crippen LogP contribution in [-0.4, -0.2) is 16.5 Å². The Morgan fingerprint density at radius 2 is 1.64 bits per heavy atom. The van der Waals surface area contributed by atoms with Gasteiger partial charge in [-0.3, -0.25) is 0 Å². The highest BCUT2D eigenvalue weighted by Gasteiger charge is 2.31. The Bertz CT molecular complexity index is 721. The smallest absolute Gasteiger partial charge is 0.315 e. The van der Waals surface area contributed by atoms with E-state index in [-0.39, 0.29) is 5.69 Å². The average molecular weight is 350 g/mol. The molecular formula is C19H21F3N2O. The number of rotatable bonds is 3. The van der Waals surface area contributed by atoms with Crippen LogP contribution in [0.5, 0.6) is 0 Å². The monoisotopic (exact) mass is 350 g/mol. The second kappa shape index (κ2) is 7.17. The lowest BCUT2D eigenvalue weighted by Crippen LogP contribution is -2.47. The lowest BCUT2D eigenvalue weighted by molar-refractivity contribution is -0.137. The Morgan fingerprint density at radius 1 is 1.00 bits per heavy atom. The van der Waals surface area contributed by atoms with Crippen LogP contribution < -0.4 is 5.32 Å². The van der Waals surface area contributed by atoms with E-state index in [9.17, 15) is 18.0 Å². The Kier molecular flexibility index (Phi) is 5.40. The lowest BCUT2D eigenvalue weighted by Gasteiger charge is -2.35. The van der Waals surface area contributed by atoms with Crippen LogP contribution in [0.2, 0.25) is 0 Å². The van der Waals surface area contributed by atoms with E-state index in [1.54, 1.807) is 4.90 Å². The topological polar surface area (TPSA) is 32.3 Å². The molecule has 2 amide bonds. The maximum absolute atomic E-state index is 12.8. The van der Waals surface area contributed by atoms with Gasteiger partial charge in [-0.05, 0) is 44.5 Å². The quantitative estimate of drug-likeness (QED) is 0.775. The molecule has 0 aliphatic heterocycles. The third kappa shape index (κ3) is 5.24. The average Bonchev–Trinajstić information content (AvgIpc) is 2.52. The van der Waals surface area contributed by atoms with Crippen molar-refractivity contribution in [3.8, 4) is 0 Å². The first-order valence-electron chi connectivity index (χ1n) is 7.87. The number of anilines is 1. The van der Waals surface area contributed by atoms with Crippen molar-refractivity contribution in [2.24, 2.45) is 0 Å². The predicted octanol–water partition coefficient (Wildman–Crippen LogP) is 5.54. The number of nitrogens with one attached hydrogen (secondary N) is 1. The summed E-state index contributed by atoms with van der Waals surface area (Å²) in [6.45, 7) is 5.99. The molecule has 6 heteroatoms. The molecular weight excluding hydrogens is 329 g/mol. The van der Waals surface area contributed by atoms with Crippen LogP contribution in [0.1, 0.15) is 31.9 Å². The molecule has 3 nitrogen and oxygen atoms in total. The summed E-state index contributed by atoms with van der Waals surface area (Å²) in [5.41, 5.74) is -0.240. The first kappa shape index (κ1) is 18.8. The molecule has 0 aliphatic carbocycles. The number of hydrogen-bond acceptors (Lipinski definition) is 1. The summed E-state index contributed by atoms with van der Waals surface area (Å²) in [6, 6.07) is 13.6. The van der Waals surface area contributed by atoms with Gasteiger partial charge in [0.15, 0.2) is 0 Å². The zero-order chi connectivity index (χ0) is 18.7. The van der Waals surface area contributed by atoms with Crippen molar-refractivity contribution in [2.45, 2.75) is 39.0 Å². The largest absolute Gasteiger partial charge is 0.416 e. The van der Waals surface area contributed by atoms with Gasteiger partial charge in [0.1, 0.15) is 0 Å². The van der Waals surface area contributed by atoms with E-state index < -0.39 is 23.3 Å². The summed E-state index contributed by atoms with van der Waals surface area (Å²) in [6.07, 6.45) is -4.45. The summed E-state index contributed by atoms with van der Waals surface area (Å²) in [5, 5.41) is 2.57. The van der Waals surface area contributed by atoms with Crippen molar-refractivity contribution in [1.82, 2.24) is 4.90 Å². The van der Waals surface area contributed by atoms with E-state index in [0.717, 1.165) is 17.7 Å². The molecule has 2 aromatic rings. The van der Waals surface area contributed by atoms with Gasteiger partial charge in [0.25, 0.3) is 0 Å². The second-order valence-electron chi connectivity index (χ2n) is 6.75. The first-order valence-corrected chi connectivity index (χ1v) is 7.87. The van der Waals surface area contributed by atoms with Gasteiger partial charge in [-0.15, -0.1) is 0 Å². The second-order valence-corrected chi connectivity index (χ2v) is 6.75. The van der Waals surface area contributed by atoms with Gasteiger partial charge in [0.2, 0.25) is 0 Å². The summed E-state index contributed by atoms with van der Waals surface area (Å²) < 4.78 is 38.5. The molecule has 2 rings (SSSR count). The van der Waals surface area contributed by atoms with E-state index in [2.05, 4.69) is 5.32 Å². The standard InChI is InChI=1S/C19H21F3N2O/c1-18(2,3)24(13-14-8-5-4-6-9-14)17(25)23-16-11-7-10-15(12-16)19(20,21)22/h4-12H,13H2,1-3H3,(H,23,25). The summed E-state index contributed by atoms with van der Waals surface area (Å²) in [7, 11) is 0. The van der Waals surface area contributed by atoms with Gasteiger partial charge in [-0.2, -0.15) is 13.2 Å². The highest BCUT2D eigenvalue weighted by Crippen LogP contribution is 2.31. The minimum atomic E-state index is -4.45. The van der Waals surface area contributed by atoms with Crippen LogP contribution in [-0.2, 0) is 12.7 Å². The SMILES string of the molecule is CC(C)(C)N(Cc1ccccc1)C(=O)Nc1cccc(C(F)(F)F)c1. The fourth-order valence-electron chi connectivity index (χ4n) is 2.34. The Labute approximate surface area is 145 Å². The molecule has 0 saturated heterocycles. The maximum Gasteiger partial charge on any atom is 0.416 e. The molecule has 134 valence electrons. The normalized spacial score (nSPS) is 11.9. The van der Waals surface area contributed by atoms with Crippen LogP contribution >= 0.6 is 0 Å². The van der Waals surface area contributed by atoms with Crippen molar-refractivity contribution >= 4 is 11.7 Å². The maximum atomic E-state index is 12.8. The van der Waals surface area contributed by atoms with Gasteiger partial charge in [-0.25, -0.2) is 4.79 Å². The molecule has 0 aliphatic rings. The van der Waals surface area contributed by atoms with Gasteiger partial charge in [0, 0.05) is 17.8 Å². The molecule has 2 aromatic carbocycles. The van der Waals surface area contributed by atoms with E-state index >= 15 is 0 Å². The number of benzene rings is 2. The molecule has 0 unspecified atom stereocenters. The molecule has 1 N–H and O–H groups in total. The van der Waals surface area contributed by atoms with Gasteiger partial charge >= 0.3 is 12.2 Å². The molecule has 0 fully saturated rings. The molecule has 0 bridgehead atoms. The lowest BCUT2D eigenvalue weighted by atomic mass is 10.0. The molecule has 0 heterocycles.